The van der Waals surface area contributed by atoms with Crippen molar-refractivity contribution in [3.05, 3.63) is 144 Å². The second-order valence-corrected chi connectivity index (χ2v) is 17.5. The van der Waals surface area contributed by atoms with Crippen LogP contribution in [0.4, 0.5) is 0 Å². The van der Waals surface area contributed by atoms with E-state index in [2.05, 4.69) is 47.4 Å². The average molecular weight is 1050 g/mol. The zero-order chi connectivity index (χ0) is 56.1. The molecule has 0 saturated carbocycles. The van der Waals surface area contributed by atoms with E-state index in [-0.39, 0.29) is 86.7 Å². The van der Waals surface area contributed by atoms with Crippen molar-refractivity contribution in [3.8, 4) is 189 Å². The highest BCUT2D eigenvalue weighted by atomic mass is 16.5. The Morgan fingerprint density at radius 1 is 0.237 bits per heavy atom. The van der Waals surface area contributed by atoms with Crippen LogP contribution in [0.2, 0.25) is 0 Å². The number of terminal acetylenes is 8. The van der Waals surface area contributed by atoms with Gasteiger partial charge in [-0.25, -0.2) is 0 Å². The summed E-state index contributed by atoms with van der Waals surface area (Å²) in [7, 11) is 0. The molecule has 384 valence electrons. The van der Waals surface area contributed by atoms with Crippen LogP contribution in [0.3, 0.4) is 0 Å². The van der Waals surface area contributed by atoms with Gasteiger partial charge in [0.2, 0.25) is 0 Å². The fourth-order valence-electron chi connectivity index (χ4n) is 9.28. The van der Waals surface area contributed by atoms with Crippen LogP contribution in [0.5, 0.6) is 46.0 Å². The highest BCUT2D eigenvalue weighted by Crippen LogP contribution is 2.46. The highest BCUT2D eigenvalue weighted by Gasteiger charge is 2.32. The van der Waals surface area contributed by atoms with Crippen molar-refractivity contribution in [1.82, 2.24) is 0 Å². The van der Waals surface area contributed by atoms with Crippen LogP contribution >= 0.6 is 0 Å². The SMILES string of the molecule is C#CCOc1ccc(-c2cc3cc4c(cc3cc2-c2ccc(OCC#C)c(OCC#C)c2)C(=O)c2cc3cc(-c5ccc(OCC#C)c(OCC#C)c5)c(-c5ccc(OCC#C)c(OCC#C)c5)cc3cc2C4=O)cc1OCC#C. The van der Waals surface area contributed by atoms with Gasteiger partial charge in [0.25, 0.3) is 0 Å². The van der Waals surface area contributed by atoms with Gasteiger partial charge in [-0.1, -0.05) is 71.6 Å². The second kappa shape index (κ2) is 24.4. The predicted molar refractivity (Wildman–Crippen MR) is 311 cm³/mol. The molecule has 0 fully saturated rings. The first-order chi connectivity index (χ1) is 39.1. The number of carbonyl (C=O) groups is 2. The monoisotopic (exact) mass is 1040 g/mol. The Kier molecular flexibility index (Phi) is 16.3. The number of ether oxygens (including phenoxy) is 8. The number of ketones is 2. The minimum atomic E-state index is -0.342. The van der Waals surface area contributed by atoms with Gasteiger partial charge in [-0.15, -0.1) is 51.4 Å². The number of hydrogen-bond acceptors (Lipinski definition) is 10. The van der Waals surface area contributed by atoms with Crippen LogP contribution in [0, 0.1) is 98.8 Å². The van der Waals surface area contributed by atoms with Crippen molar-refractivity contribution in [2.45, 2.75) is 0 Å². The Hall–Kier alpha value is -11.5. The Bertz CT molecular complexity index is 3640. The molecule has 1 aliphatic rings. The predicted octanol–water partition coefficient (Wildman–Crippen LogP) is 11.5. The lowest BCUT2D eigenvalue weighted by Crippen LogP contribution is -2.21. The molecule has 0 N–H and O–H groups in total. The van der Waals surface area contributed by atoms with Crippen LogP contribution in [0.15, 0.2) is 121 Å². The molecule has 10 nitrogen and oxygen atoms in total. The molecule has 80 heavy (non-hydrogen) atoms. The maximum Gasteiger partial charge on any atom is 0.194 e. The maximum absolute atomic E-state index is 15.0. The van der Waals surface area contributed by atoms with Gasteiger partial charge >= 0.3 is 0 Å². The zero-order valence-corrected chi connectivity index (χ0v) is 42.9. The molecule has 10 heteroatoms. The van der Waals surface area contributed by atoms with E-state index in [4.69, 9.17) is 89.3 Å². The van der Waals surface area contributed by atoms with Crippen molar-refractivity contribution in [3.63, 3.8) is 0 Å². The van der Waals surface area contributed by atoms with Gasteiger partial charge in [0.15, 0.2) is 57.6 Å². The lowest BCUT2D eigenvalue weighted by molar-refractivity contribution is 0.0979. The summed E-state index contributed by atoms with van der Waals surface area (Å²) in [6.07, 6.45) is 44.6. The standard InChI is InChI=1S/C70H44O10/c1-9-25-73-61-21-17-45(41-65(61)77-29-13-5)53-33-49-37-57-58(38-50(49)34-54(53)46-18-22-62(74-26-10-2)66(42-46)78-30-14-6)70(72)60-40-52-36-56(48-20-24-64(76-28-12-4)68(44-48)80-32-16-8)55(35-51(52)39-59(60)69(57)71)47-19-23-63(75-27-11-3)67(43-47)79-31-15-7/h1-8,17-24,33-44H,25-32H2. The fraction of sp³-hybridized carbons (Fsp3) is 0.114. The van der Waals surface area contributed by atoms with E-state index >= 15 is 9.59 Å². The van der Waals surface area contributed by atoms with Gasteiger partial charge in [0, 0.05) is 22.3 Å². The van der Waals surface area contributed by atoms with Gasteiger partial charge in [-0.3, -0.25) is 9.59 Å². The molecular weight excluding hydrogens is 1000 g/mol. The molecular formula is C70H44O10. The lowest BCUT2D eigenvalue weighted by atomic mass is 9.80. The van der Waals surface area contributed by atoms with Crippen LogP contribution in [-0.4, -0.2) is 64.4 Å². The van der Waals surface area contributed by atoms with E-state index in [1.54, 1.807) is 72.8 Å². The number of carbonyl (C=O) groups excluding carboxylic acids is 2. The summed E-state index contributed by atoms with van der Waals surface area (Å²) in [4.78, 5) is 30.1. The molecule has 8 aromatic carbocycles. The van der Waals surface area contributed by atoms with Crippen LogP contribution in [0.25, 0.3) is 66.1 Å². The second-order valence-electron chi connectivity index (χ2n) is 17.5. The Morgan fingerprint density at radius 2 is 0.412 bits per heavy atom. The number of fused-ring (bicyclic) bond motifs is 4. The van der Waals surface area contributed by atoms with Crippen LogP contribution < -0.4 is 37.9 Å². The van der Waals surface area contributed by atoms with Gasteiger partial charge in [0.05, 0.1) is 0 Å². The van der Waals surface area contributed by atoms with Gasteiger partial charge in [-0.05, 0) is 163 Å². The summed E-state index contributed by atoms with van der Waals surface area (Å²) < 4.78 is 47.1. The van der Waals surface area contributed by atoms with E-state index in [0.29, 0.717) is 112 Å². The molecule has 1 aliphatic carbocycles. The molecule has 8 aromatic rings. The third-order valence-corrected chi connectivity index (χ3v) is 12.7. The Balaban J connectivity index is 1.23. The fourth-order valence-corrected chi connectivity index (χ4v) is 9.28. The molecule has 0 unspecified atom stereocenters. The van der Waals surface area contributed by atoms with Crippen molar-refractivity contribution < 1.29 is 47.5 Å². The van der Waals surface area contributed by atoms with Gasteiger partial charge in [-0.2, -0.15) is 0 Å². The molecule has 0 spiro atoms. The molecule has 9 rings (SSSR count). The van der Waals surface area contributed by atoms with Gasteiger partial charge < -0.3 is 37.9 Å². The summed E-state index contributed by atoms with van der Waals surface area (Å²) >= 11 is 0. The maximum atomic E-state index is 15.0. The third-order valence-electron chi connectivity index (χ3n) is 12.7. The molecule has 0 bridgehead atoms. The third kappa shape index (κ3) is 11.1. The average Bonchev–Trinajstić information content (AvgIpc) is 3.59. The van der Waals surface area contributed by atoms with E-state index in [9.17, 15) is 0 Å². The summed E-state index contributed by atoms with van der Waals surface area (Å²) in [5, 5.41) is 2.65. The van der Waals surface area contributed by atoms with Crippen molar-refractivity contribution in [1.29, 1.82) is 0 Å². The molecule has 0 amide bonds. The topological polar surface area (TPSA) is 108 Å². The molecule has 0 atom stereocenters. The lowest BCUT2D eigenvalue weighted by Gasteiger charge is -2.22. The van der Waals surface area contributed by atoms with Crippen LogP contribution in [-0.2, 0) is 0 Å². The van der Waals surface area contributed by atoms with Crippen LogP contribution in [0.1, 0.15) is 31.8 Å². The molecule has 0 saturated heterocycles. The first-order valence-electron chi connectivity index (χ1n) is 24.6. The first kappa shape index (κ1) is 53.3. The Labute approximate surface area is 464 Å². The number of benzene rings is 8. The van der Waals surface area contributed by atoms with E-state index in [0.717, 1.165) is 0 Å². The first-order valence-corrected chi connectivity index (χ1v) is 24.6. The van der Waals surface area contributed by atoms with E-state index in [1.165, 1.54) is 0 Å². The Morgan fingerprint density at radius 3 is 0.600 bits per heavy atom. The summed E-state index contributed by atoms with van der Waals surface area (Å²) in [5.41, 5.74) is 6.54. The largest absolute Gasteiger partial charge is 0.477 e. The summed E-state index contributed by atoms with van der Waals surface area (Å²) in [6, 6.07) is 36.4. The van der Waals surface area contributed by atoms with E-state index < -0.39 is 0 Å². The van der Waals surface area contributed by atoms with Gasteiger partial charge in [0.1, 0.15) is 52.9 Å². The van der Waals surface area contributed by atoms with Crippen molar-refractivity contribution in [2.24, 2.45) is 0 Å². The minimum absolute atomic E-state index is 0.00757. The minimum Gasteiger partial charge on any atom is -0.477 e. The molecule has 0 heterocycles. The molecule has 0 aliphatic heterocycles. The van der Waals surface area contributed by atoms with Crippen molar-refractivity contribution >= 4 is 33.1 Å². The molecule has 0 aromatic heterocycles. The number of hydrogen-bond donors (Lipinski definition) is 0. The quantitative estimate of drug-likeness (QED) is 0.0685. The highest BCUT2D eigenvalue weighted by molar-refractivity contribution is 6.31. The zero-order valence-electron chi connectivity index (χ0n) is 42.9. The smallest absolute Gasteiger partial charge is 0.194 e. The molecule has 0 radical (unpaired) electrons. The summed E-state index contributed by atoms with van der Waals surface area (Å²) in [5.74, 6) is 22.2. The van der Waals surface area contributed by atoms with Crippen molar-refractivity contribution in [2.75, 3.05) is 52.9 Å². The summed E-state index contributed by atoms with van der Waals surface area (Å²) in [6.45, 7) is -0.205. The van der Waals surface area contributed by atoms with E-state index in [1.807, 2.05) is 48.5 Å². The normalized spacial score (nSPS) is 10.8. The number of rotatable bonds is 20.